The van der Waals surface area contributed by atoms with E-state index in [2.05, 4.69) is 59.0 Å². The molecule has 26 heavy (non-hydrogen) atoms. The van der Waals surface area contributed by atoms with Crippen LogP contribution in [0.15, 0.2) is 36.4 Å². The first kappa shape index (κ1) is 19.0. The lowest BCUT2D eigenvalue weighted by atomic mass is 10.1. The highest BCUT2D eigenvalue weighted by atomic mass is 35.5. The van der Waals surface area contributed by atoms with Crippen molar-refractivity contribution in [1.29, 1.82) is 0 Å². The van der Waals surface area contributed by atoms with E-state index < -0.39 is 0 Å². The second-order valence-electron chi connectivity index (χ2n) is 7.45. The number of carbonyl (C=O) groups is 1. The minimum absolute atomic E-state index is 0. The van der Waals surface area contributed by atoms with E-state index in [1.54, 1.807) is 0 Å². The summed E-state index contributed by atoms with van der Waals surface area (Å²) in [5.74, 6) is 0.226. The van der Waals surface area contributed by atoms with Gasteiger partial charge in [0.05, 0.1) is 5.56 Å². The Hall–Kier alpha value is -1.78. The maximum Gasteiger partial charge on any atom is 0.256 e. The number of hydrogen-bond acceptors (Lipinski definition) is 2. The number of nitrogens with zero attached hydrogens (tertiary/aromatic N) is 2. The molecule has 1 N–H and O–H groups in total. The molecule has 2 unspecified atom stereocenters. The molecular formula is C21H28ClN3O. The Bertz CT molecular complexity index is 757. The maximum absolute atomic E-state index is 13.3. The molecular weight excluding hydrogens is 346 g/mol. The molecule has 0 radical (unpaired) electrons. The van der Waals surface area contributed by atoms with Gasteiger partial charge in [0, 0.05) is 36.6 Å². The Morgan fingerprint density at radius 3 is 2.62 bits per heavy atom. The quantitative estimate of drug-likeness (QED) is 0.893. The summed E-state index contributed by atoms with van der Waals surface area (Å²) in [5, 5.41) is 3.48. The van der Waals surface area contributed by atoms with Crippen LogP contribution in [0.1, 0.15) is 46.6 Å². The van der Waals surface area contributed by atoms with Gasteiger partial charge in [-0.1, -0.05) is 30.3 Å². The molecule has 2 aromatic rings. The molecule has 3 heterocycles. The summed E-state index contributed by atoms with van der Waals surface area (Å²) < 4.78 is 2.26. The van der Waals surface area contributed by atoms with Crippen molar-refractivity contribution in [2.24, 2.45) is 0 Å². The molecule has 2 atom stereocenters. The summed E-state index contributed by atoms with van der Waals surface area (Å²) in [6.45, 7) is 6.97. The van der Waals surface area contributed by atoms with E-state index in [0.717, 1.165) is 55.8 Å². The van der Waals surface area contributed by atoms with Gasteiger partial charge in [0.25, 0.3) is 5.91 Å². The van der Waals surface area contributed by atoms with Crippen molar-refractivity contribution < 1.29 is 4.79 Å². The monoisotopic (exact) mass is 373 g/mol. The fourth-order valence-electron chi connectivity index (χ4n) is 4.48. The molecule has 4 rings (SSSR count). The molecule has 2 bridgehead atoms. The van der Waals surface area contributed by atoms with E-state index in [0.29, 0.717) is 12.1 Å². The van der Waals surface area contributed by atoms with Gasteiger partial charge in [-0.3, -0.25) is 4.79 Å². The fraction of sp³-hybridized carbons (Fsp3) is 0.476. The number of hydrogen-bond donors (Lipinski definition) is 1. The molecule has 5 heteroatoms. The highest BCUT2D eigenvalue weighted by Gasteiger charge is 2.39. The van der Waals surface area contributed by atoms with Crippen LogP contribution in [-0.4, -0.2) is 40.5 Å². The van der Waals surface area contributed by atoms with Gasteiger partial charge >= 0.3 is 0 Å². The smallest absolute Gasteiger partial charge is 0.256 e. The Kier molecular flexibility index (Phi) is 5.73. The number of nitrogens with one attached hydrogen (secondary N) is 1. The lowest BCUT2D eigenvalue weighted by Gasteiger charge is -2.28. The van der Waals surface area contributed by atoms with Crippen molar-refractivity contribution >= 4 is 18.3 Å². The zero-order chi connectivity index (χ0) is 17.4. The summed E-state index contributed by atoms with van der Waals surface area (Å²) in [4.78, 5) is 15.5. The predicted molar refractivity (Wildman–Crippen MR) is 107 cm³/mol. The average molecular weight is 374 g/mol. The van der Waals surface area contributed by atoms with E-state index >= 15 is 0 Å². The van der Waals surface area contributed by atoms with Crippen molar-refractivity contribution in [3.63, 3.8) is 0 Å². The van der Waals surface area contributed by atoms with Crippen LogP contribution in [0.25, 0.3) is 0 Å². The fourth-order valence-corrected chi connectivity index (χ4v) is 4.48. The second-order valence-corrected chi connectivity index (χ2v) is 7.45. The summed E-state index contributed by atoms with van der Waals surface area (Å²) in [6.07, 6.45) is 3.36. The van der Waals surface area contributed by atoms with Gasteiger partial charge in [-0.15, -0.1) is 12.4 Å². The molecule has 2 fully saturated rings. The van der Waals surface area contributed by atoms with Gasteiger partial charge in [-0.05, 0) is 51.3 Å². The summed E-state index contributed by atoms with van der Waals surface area (Å²) in [6, 6.07) is 13.3. The lowest BCUT2D eigenvalue weighted by Crippen LogP contribution is -2.42. The largest absolute Gasteiger partial charge is 0.344 e. The number of benzene rings is 1. The molecule has 2 aliphatic rings. The van der Waals surface area contributed by atoms with Crippen LogP contribution in [0.5, 0.6) is 0 Å². The third kappa shape index (κ3) is 3.40. The molecule has 0 aliphatic carbocycles. The second kappa shape index (κ2) is 7.85. The van der Waals surface area contributed by atoms with Crippen LogP contribution in [0.3, 0.4) is 0 Å². The van der Waals surface area contributed by atoms with E-state index in [4.69, 9.17) is 0 Å². The number of fused-ring (bicyclic) bond motifs is 2. The lowest BCUT2D eigenvalue weighted by molar-refractivity contribution is 0.0679. The molecule has 0 saturated carbocycles. The van der Waals surface area contributed by atoms with Crippen LogP contribution < -0.4 is 5.32 Å². The van der Waals surface area contributed by atoms with Crippen molar-refractivity contribution in [2.75, 3.05) is 13.1 Å². The molecule has 140 valence electrons. The molecule has 4 nitrogen and oxygen atoms in total. The SMILES string of the molecule is Cc1cc(C(=O)N2C3CCNCC2CC3)c(C)n1Cc1ccccc1.Cl. The summed E-state index contributed by atoms with van der Waals surface area (Å²) in [5.41, 5.74) is 4.39. The van der Waals surface area contributed by atoms with Gasteiger partial charge in [-0.25, -0.2) is 0 Å². The number of carbonyl (C=O) groups excluding carboxylic acids is 1. The number of amides is 1. The maximum atomic E-state index is 13.3. The third-order valence-corrected chi connectivity index (χ3v) is 5.88. The first-order chi connectivity index (χ1) is 12.1. The molecule has 1 aromatic carbocycles. The molecule has 2 aliphatic heterocycles. The standard InChI is InChI=1S/C21H27N3O.ClH/c1-15-12-20(16(2)23(15)14-17-6-4-3-5-7-17)21(25)24-18-8-9-19(24)13-22-11-10-18;/h3-7,12,18-19,22H,8-11,13-14H2,1-2H3;1H. The van der Waals surface area contributed by atoms with Crippen molar-refractivity contribution in [2.45, 2.75) is 51.7 Å². The van der Waals surface area contributed by atoms with Gasteiger partial charge in [0.1, 0.15) is 0 Å². The number of halogens is 1. The Morgan fingerprint density at radius 2 is 1.85 bits per heavy atom. The first-order valence-corrected chi connectivity index (χ1v) is 9.39. The Morgan fingerprint density at radius 1 is 1.12 bits per heavy atom. The third-order valence-electron chi connectivity index (χ3n) is 5.88. The zero-order valence-electron chi connectivity index (χ0n) is 15.6. The van der Waals surface area contributed by atoms with Crippen LogP contribution in [0.4, 0.5) is 0 Å². The van der Waals surface area contributed by atoms with Crippen molar-refractivity contribution in [3.05, 3.63) is 58.9 Å². The van der Waals surface area contributed by atoms with Crippen LogP contribution in [0.2, 0.25) is 0 Å². The average Bonchev–Trinajstić information content (AvgIpc) is 3.04. The molecule has 0 spiro atoms. The van der Waals surface area contributed by atoms with E-state index in [1.165, 1.54) is 5.56 Å². The number of aromatic nitrogens is 1. The molecule has 1 amide bonds. The Labute approximate surface area is 162 Å². The topological polar surface area (TPSA) is 37.3 Å². The summed E-state index contributed by atoms with van der Waals surface area (Å²) in [7, 11) is 0. The van der Waals surface area contributed by atoms with Crippen LogP contribution in [0, 0.1) is 13.8 Å². The molecule has 1 aromatic heterocycles. The van der Waals surface area contributed by atoms with Crippen LogP contribution >= 0.6 is 12.4 Å². The summed E-state index contributed by atoms with van der Waals surface area (Å²) >= 11 is 0. The minimum Gasteiger partial charge on any atom is -0.344 e. The molecule has 2 saturated heterocycles. The number of aryl methyl sites for hydroxylation is 1. The zero-order valence-corrected chi connectivity index (χ0v) is 16.4. The number of rotatable bonds is 3. The van der Waals surface area contributed by atoms with Crippen LogP contribution in [-0.2, 0) is 6.54 Å². The van der Waals surface area contributed by atoms with E-state index in [1.807, 2.05) is 6.07 Å². The first-order valence-electron chi connectivity index (χ1n) is 9.39. The Balaban J connectivity index is 0.00000196. The van der Waals surface area contributed by atoms with Crippen molar-refractivity contribution in [3.8, 4) is 0 Å². The highest BCUT2D eigenvalue weighted by Crippen LogP contribution is 2.31. The van der Waals surface area contributed by atoms with E-state index in [-0.39, 0.29) is 18.3 Å². The predicted octanol–water partition coefficient (Wildman–Crippen LogP) is 3.54. The van der Waals surface area contributed by atoms with Gasteiger partial charge in [-0.2, -0.15) is 0 Å². The van der Waals surface area contributed by atoms with Gasteiger partial charge in [0.2, 0.25) is 0 Å². The highest BCUT2D eigenvalue weighted by molar-refractivity contribution is 5.96. The van der Waals surface area contributed by atoms with Gasteiger partial charge < -0.3 is 14.8 Å². The minimum atomic E-state index is 0. The van der Waals surface area contributed by atoms with Crippen molar-refractivity contribution in [1.82, 2.24) is 14.8 Å². The van der Waals surface area contributed by atoms with Gasteiger partial charge in [0.15, 0.2) is 0 Å². The van der Waals surface area contributed by atoms with E-state index in [9.17, 15) is 4.79 Å². The normalized spacial score (nSPS) is 22.0.